The van der Waals surface area contributed by atoms with Gasteiger partial charge < -0.3 is 30.3 Å². The smallest absolute Gasteiger partial charge is 0.431 e. The van der Waals surface area contributed by atoms with Crippen molar-refractivity contribution in [2.75, 3.05) is 13.7 Å². The van der Waals surface area contributed by atoms with Gasteiger partial charge in [-0.2, -0.15) is 0 Å². The van der Waals surface area contributed by atoms with Crippen LogP contribution in [0.2, 0.25) is 6.32 Å². The van der Waals surface area contributed by atoms with Crippen molar-refractivity contribution in [3.63, 3.8) is 0 Å². The number of aromatic carboxylic acids is 1. The van der Waals surface area contributed by atoms with Gasteiger partial charge in [0.15, 0.2) is 0 Å². The Balaban J connectivity index is 2.65. The lowest BCUT2D eigenvalue weighted by atomic mass is 9.65. The first-order chi connectivity index (χ1) is 8.89. The van der Waals surface area contributed by atoms with E-state index in [0.29, 0.717) is 5.56 Å². The molecule has 0 saturated heterocycles. The van der Waals surface area contributed by atoms with Crippen LogP contribution in [0.5, 0.6) is 11.5 Å². The zero-order valence-electron chi connectivity index (χ0n) is 10.4. The summed E-state index contributed by atoms with van der Waals surface area (Å²) in [6, 6.07) is 3.13. The zero-order valence-corrected chi connectivity index (χ0v) is 10.4. The first-order valence-corrected chi connectivity index (χ1v) is 5.83. The molecule has 0 radical (unpaired) electrons. The predicted molar refractivity (Wildman–Crippen MR) is 67.4 cm³/mol. The Morgan fingerprint density at radius 1 is 1.58 bits per heavy atom. The second-order valence-electron chi connectivity index (χ2n) is 4.51. The summed E-state index contributed by atoms with van der Waals surface area (Å²) in [6.45, 7) is -2.95. The van der Waals surface area contributed by atoms with Gasteiger partial charge >= 0.3 is 12.7 Å². The standard InChI is InChI=1S/C11H15BNO6/c1-18-8-3-2-7-6(5-13)4-12(16,17)19-10(7)9(8)11(14)15/h2-3,6,16-17H,4-5,13H2,1H3,(H,14,15)/q-1. The molecule has 19 heavy (non-hydrogen) atoms. The average molecular weight is 268 g/mol. The van der Waals surface area contributed by atoms with Crippen molar-refractivity contribution >= 4 is 12.7 Å². The molecule has 104 valence electrons. The van der Waals surface area contributed by atoms with E-state index in [0.717, 1.165) is 0 Å². The fraction of sp³-hybridized carbons (Fsp3) is 0.364. The largest absolute Gasteiger partial charge is 0.669 e. The van der Waals surface area contributed by atoms with E-state index in [9.17, 15) is 19.9 Å². The van der Waals surface area contributed by atoms with Gasteiger partial charge in [-0.3, -0.25) is 0 Å². The minimum atomic E-state index is -3.11. The van der Waals surface area contributed by atoms with Gasteiger partial charge in [-0.15, -0.1) is 0 Å². The quantitative estimate of drug-likeness (QED) is 0.557. The lowest BCUT2D eigenvalue weighted by Gasteiger charge is -2.41. The molecular formula is C11H15BNO6-. The highest BCUT2D eigenvalue weighted by Gasteiger charge is 2.37. The Morgan fingerprint density at radius 3 is 2.79 bits per heavy atom. The Bertz CT molecular complexity index is 518. The number of methoxy groups -OCH3 is 1. The van der Waals surface area contributed by atoms with Crippen LogP contribution in [0.3, 0.4) is 0 Å². The third kappa shape index (κ3) is 2.37. The number of carboxylic acid groups (broad SMARTS) is 1. The van der Waals surface area contributed by atoms with Crippen molar-refractivity contribution in [3.05, 3.63) is 23.3 Å². The molecule has 1 aliphatic rings. The normalized spacial score (nSPS) is 20.3. The van der Waals surface area contributed by atoms with Crippen LogP contribution < -0.4 is 15.1 Å². The Labute approximate surface area is 109 Å². The fourth-order valence-corrected chi connectivity index (χ4v) is 2.36. The molecule has 1 atom stereocenters. The number of nitrogens with two attached hydrogens (primary N) is 1. The summed E-state index contributed by atoms with van der Waals surface area (Å²) in [7, 11) is 1.33. The number of rotatable bonds is 3. The molecule has 0 aromatic heterocycles. The number of hydrogen-bond donors (Lipinski definition) is 4. The highest BCUT2D eigenvalue weighted by atomic mass is 16.6. The topological polar surface area (TPSA) is 122 Å². The molecule has 8 heteroatoms. The SMILES string of the molecule is COc1ccc2c(c1C(=O)O)O[B-](O)(O)CC2CN. The third-order valence-corrected chi connectivity index (χ3v) is 3.21. The van der Waals surface area contributed by atoms with Crippen LogP contribution in [-0.2, 0) is 0 Å². The van der Waals surface area contributed by atoms with Crippen LogP contribution in [0.15, 0.2) is 12.1 Å². The minimum Gasteiger partial charge on any atom is -0.669 e. The second-order valence-corrected chi connectivity index (χ2v) is 4.51. The first kappa shape index (κ1) is 13.7. The van der Waals surface area contributed by atoms with Crippen LogP contribution in [0.4, 0.5) is 0 Å². The van der Waals surface area contributed by atoms with Crippen LogP contribution in [0, 0.1) is 0 Å². The maximum Gasteiger partial charge on any atom is 0.431 e. The van der Waals surface area contributed by atoms with Crippen LogP contribution in [0.25, 0.3) is 0 Å². The molecule has 0 amide bonds. The van der Waals surface area contributed by atoms with E-state index >= 15 is 0 Å². The summed E-state index contributed by atoms with van der Waals surface area (Å²) >= 11 is 0. The van der Waals surface area contributed by atoms with Crippen LogP contribution in [-0.4, -0.2) is 41.5 Å². The molecule has 0 aliphatic carbocycles. The number of ether oxygens (including phenoxy) is 1. The highest BCUT2D eigenvalue weighted by Crippen LogP contribution is 2.43. The van der Waals surface area contributed by atoms with Crippen molar-refractivity contribution in [1.29, 1.82) is 0 Å². The summed E-state index contributed by atoms with van der Waals surface area (Å²) in [5.41, 5.74) is 5.90. The van der Waals surface area contributed by atoms with Crippen molar-refractivity contribution in [3.8, 4) is 11.5 Å². The molecule has 1 unspecified atom stereocenters. The number of fused-ring (bicyclic) bond motifs is 1. The van der Waals surface area contributed by atoms with Gasteiger partial charge in [0, 0.05) is 0 Å². The average Bonchev–Trinajstić information content (AvgIpc) is 2.34. The summed E-state index contributed by atoms with van der Waals surface area (Å²) in [5.74, 6) is -1.63. The first-order valence-electron chi connectivity index (χ1n) is 5.83. The highest BCUT2D eigenvalue weighted by molar-refractivity contribution is 6.59. The van der Waals surface area contributed by atoms with Crippen molar-refractivity contribution in [2.45, 2.75) is 12.2 Å². The lowest BCUT2D eigenvalue weighted by molar-refractivity contribution is 0.0689. The van der Waals surface area contributed by atoms with Gasteiger partial charge in [-0.1, -0.05) is 12.4 Å². The van der Waals surface area contributed by atoms with E-state index < -0.39 is 12.7 Å². The van der Waals surface area contributed by atoms with Crippen molar-refractivity contribution < 1.29 is 29.3 Å². The van der Waals surface area contributed by atoms with Crippen LogP contribution >= 0.6 is 0 Å². The van der Waals surface area contributed by atoms with E-state index in [1.165, 1.54) is 13.2 Å². The molecule has 0 saturated carbocycles. The number of hydrogen-bond acceptors (Lipinski definition) is 6. The van der Waals surface area contributed by atoms with Gasteiger partial charge in [-0.05, 0) is 24.1 Å². The zero-order chi connectivity index (χ0) is 14.2. The molecule has 0 fully saturated rings. The lowest BCUT2D eigenvalue weighted by Crippen LogP contribution is -2.48. The maximum atomic E-state index is 11.3. The Morgan fingerprint density at radius 2 is 2.26 bits per heavy atom. The summed E-state index contributed by atoms with van der Waals surface area (Å²) in [5, 5.41) is 28.6. The predicted octanol–water partition coefficient (Wildman–Crippen LogP) is -0.248. The maximum absolute atomic E-state index is 11.3. The van der Waals surface area contributed by atoms with Gasteiger partial charge in [0.1, 0.15) is 11.3 Å². The fourth-order valence-electron chi connectivity index (χ4n) is 2.36. The molecule has 0 bridgehead atoms. The number of benzene rings is 1. The molecule has 0 spiro atoms. The molecule has 1 aromatic rings. The van der Waals surface area contributed by atoms with E-state index in [4.69, 9.17) is 15.1 Å². The summed E-state index contributed by atoms with van der Waals surface area (Å²) in [4.78, 5) is 11.3. The van der Waals surface area contributed by atoms with Crippen LogP contribution in [0.1, 0.15) is 21.8 Å². The van der Waals surface area contributed by atoms with Gasteiger partial charge in [0.2, 0.25) is 0 Å². The molecule has 2 rings (SSSR count). The van der Waals surface area contributed by atoms with E-state index in [2.05, 4.69) is 0 Å². The van der Waals surface area contributed by atoms with E-state index in [1.807, 2.05) is 0 Å². The Kier molecular flexibility index (Phi) is 3.40. The molecule has 1 aromatic carbocycles. The molecule has 5 N–H and O–H groups in total. The Hall–Kier alpha value is -1.77. The molecule has 1 aliphatic heterocycles. The molecule has 1 heterocycles. The number of carbonyl (C=O) groups is 1. The second kappa shape index (κ2) is 4.73. The van der Waals surface area contributed by atoms with Gasteiger partial charge in [0.25, 0.3) is 0 Å². The minimum absolute atomic E-state index is 0.0606. The van der Waals surface area contributed by atoms with Gasteiger partial charge in [-0.25, -0.2) is 4.79 Å². The van der Waals surface area contributed by atoms with E-state index in [-0.39, 0.29) is 35.8 Å². The molecular weight excluding hydrogens is 253 g/mol. The van der Waals surface area contributed by atoms with Gasteiger partial charge in [0.05, 0.1) is 12.9 Å². The van der Waals surface area contributed by atoms with E-state index in [1.54, 1.807) is 6.07 Å². The number of carboxylic acids is 1. The summed E-state index contributed by atoms with van der Waals surface area (Å²) < 4.78 is 10.0. The summed E-state index contributed by atoms with van der Waals surface area (Å²) in [6.07, 6.45) is -0.0606. The van der Waals surface area contributed by atoms with Crippen molar-refractivity contribution in [2.24, 2.45) is 5.73 Å². The molecule has 7 nitrogen and oxygen atoms in total. The van der Waals surface area contributed by atoms with Crippen molar-refractivity contribution in [1.82, 2.24) is 0 Å². The monoisotopic (exact) mass is 268 g/mol. The third-order valence-electron chi connectivity index (χ3n) is 3.21.